The zero-order valence-electron chi connectivity index (χ0n) is 1.86. The van der Waals surface area contributed by atoms with E-state index in [1.54, 1.807) is 0 Å². The monoisotopic (exact) mass is 99.0 g/mol. The Hall–Kier alpha value is 0.244. The van der Waals surface area contributed by atoms with Crippen molar-refractivity contribution >= 4 is 0 Å². The van der Waals surface area contributed by atoms with Crippen LogP contribution in [0.1, 0.15) is 0 Å². The van der Waals surface area contributed by atoms with Gasteiger partial charge in [-0.15, -0.1) is 0 Å². The van der Waals surface area contributed by atoms with Crippen LogP contribution >= 0.6 is 0 Å². The van der Waals surface area contributed by atoms with Gasteiger partial charge in [0.15, 0.2) is 0 Å². The molecule has 0 heterocycles. The smallest absolute Gasteiger partial charge is 0.0125 e. The standard InChI is InChI=1S/FH.H2NO.Ti/c;1-2;/h1H;1H2;/q;+1;/p-1. The van der Waals surface area contributed by atoms with E-state index >= 15 is 0 Å². The average molecular weight is 98.9 g/mol. The Morgan fingerprint density at radius 2 is 1.25 bits per heavy atom. The van der Waals surface area contributed by atoms with Gasteiger partial charge < -0.3 is 4.70 Å². The number of hydrogen-bond acceptors (Lipinski definition) is 1. The fourth-order valence-electron chi connectivity index (χ4n) is 0. The molecular weight excluding hydrogens is 96.9 g/mol. The van der Waals surface area contributed by atoms with E-state index in [0.29, 0.717) is 0 Å². The summed E-state index contributed by atoms with van der Waals surface area (Å²) in [5.74, 6) is 0. The number of nitrogens with two attached hydrogens (primary N) is 1. The molecular formula is H2FNOTi. The van der Waals surface area contributed by atoms with Crippen LogP contribution in [0.25, 0.3) is 0 Å². The molecule has 0 aromatic carbocycles. The molecule has 0 radical (unpaired) electrons. The third kappa shape index (κ3) is 58.2. The molecule has 0 aliphatic heterocycles. The number of hydrogen-bond donors (Lipinski definition) is 1. The molecule has 0 aromatic rings. The Morgan fingerprint density at radius 1 is 1.25 bits per heavy atom. The van der Waals surface area contributed by atoms with E-state index < -0.39 is 0 Å². The zero-order chi connectivity index (χ0) is 2.00. The molecule has 2 nitrogen and oxygen atoms in total. The second kappa shape index (κ2) is 274. The van der Waals surface area contributed by atoms with E-state index in [1.165, 1.54) is 0 Å². The first-order valence-electron chi connectivity index (χ1n) is 0.236. The molecule has 0 rings (SSSR count). The second-order valence-corrected chi connectivity index (χ2v) is 0. The Labute approximate surface area is 37.6 Å². The van der Waals surface area contributed by atoms with Gasteiger partial charge in [-0.05, 0) is 5.59 Å². The predicted octanol–water partition coefficient (Wildman–Crippen LogP) is -4.49. The summed E-state index contributed by atoms with van der Waals surface area (Å²) in [5.41, 5.74) is 3.25. The maximum atomic E-state index is 7.75. The third-order valence-electron chi connectivity index (χ3n) is 0. The van der Waals surface area contributed by atoms with E-state index in [2.05, 4.69) is 5.59 Å². The van der Waals surface area contributed by atoms with Crippen molar-refractivity contribution in [2.24, 2.45) is 0 Å². The van der Waals surface area contributed by atoms with Crippen LogP contribution in [0.2, 0.25) is 0 Å². The first-order valence-corrected chi connectivity index (χ1v) is 0.236. The predicted molar refractivity (Wildman–Crippen MR) is 5.29 cm³/mol. The Bertz CT molecular complexity index is 8.00. The van der Waals surface area contributed by atoms with Crippen LogP contribution < -0.4 is 10.3 Å². The first-order chi connectivity index (χ1) is 1.00. The summed E-state index contributed by atoms with van der Waals surface area (Å²) in [6.07, 6.45) is 0. The van der Waals surface area contributed by atoms with Gasteiger partial charge in [-0.3, -0.25) is 0 Å². The molecule has 0 spiro atoms. The van der Waals surface area contributed by atoms with Gasteiger partial charge in [-0.1, -0.05) is 0 Å². The normalized spacial score (nSPS) is 1.00. The van der Waals surface area contributed by atoms with Crippen LogP contribution in [0.15, 0.2) is 0 Å². The quantitative estimate of drug-likeness (QED) is 0.305. The van der Waals surface area contributed by atoms with Crippen molar-refractivity contribution in [2.75, 3.05) is 0 Å². The molecule has 0 fully saturated rings. The van der Waals surface area contributed by atoms with Crippen LogP contribution in [0.3, 0.4) is 0 Å². The number of nitroso groups, excluding NO2 is 1. The molecule has 0 unspecified atom stereocenters. The van der Waals surface area contributed by atoms with Gasteiger partial charge in [-0.2, -0.15) is 0 Å². The van der Waals surface area contributed by atoms with Crippen LogP contribution in [0, 0.1) is 4.91 Å². The fraction of sp³-hybridized carbons (Fsp3) is 0. The molecule has 0 aromatic heterocycles. The fourth-order valence-corrected chi connectivity index (χ4v) is 0. The zero-order valence-corrected chi connectivity index (χ0v) is 3.43. The third-order valence-corrected chi connectivity index (χ3v) is 0. The van der Waals surface area contributed by atoms with Gasteiger partial charge in [0.05, 0.1) is 0 Å². The summed E-state index contributed by atoms with van der Waals surface area (Å²) < 4.78 is 0. The molecule has 0 aliphatic rings. The Balaban J connectivity index is -0.00000000500. The van der Waals surface area contributed by atoms with Crippen LogP contribution in [-0.2, 0) is 21.7 Å². The Morgan fingerprint density at radius 3 is 1.25 bits per heavy atom. The van der Waals surface area contributed by atoms with Crippen molar-refractivity contribution < 1.29 is 32.0 Å². The SMILES string of the molecule is [F-].[NH2+]=O.[Ti]. The molecule has 2 N–H and O–H groups in total. The maximum absolute atomic E-state index is 7.75. The van der Waals surface area contributed by atoms with Crippen molar-refractivity contribution in [3.05, 3.63) is 4.91 Å². The van der Waals surface area contributed by atoms with Gasteiger partial charge in [0.25, 0.3) is 0 Å². The van der Waals surface area contributed by atoms with E-state index in [9.17, 15) is 0 Å². The van der Waals surface area contributed by atoms with E-state index in [4.69, 9.17) is 4.91 Å². The van der Waals surface area contributed by atoms with Crippen LogP contribution in [0.4, 0.5) is 0 Å². The summed E-state index contributed by atoms with van der Waals surface area (Å²) in [5, 5.41) is 0. The topological polar surface area (TPSA) is 42.7 Å². The van der Waals surface area contributed by atoms with Crippen LogP contribution in [0.5, 0.6) is 0 Å². The number of rotatable bonds is 0. The van der Waals surface area contributed by atoms with Crippen molar-refractivity contribution in [2.45, 2.75) is 0 Å². The van der Waals surface area contributed by atoms with E-state index in [-0.39, 0.29) is 26.4 Å². The molecule has 0 aliphatic carbocycles. The van der Waals surface area contributed by atoms with Crippen molar-refractivity contribution in [3.8, 4) is 0 Å². The summed E-state index contributed by atoms with van der Waals surface area (Å²) >= 11 is 0. The molecule has 0 atom stereocenters. The summed E-state index contributed by atoms with van der Waals surface area (Å²) in [4.78, 5) is 7.75. The summed E-state index contributed by atoms with van der Waals surface area (Å²) in [6, 6.07) is 0. The van der Waals surface area contributed by atoms with Crippen molar-refractivity contribution in [1.82, 2.24) is 0 Å². The van der Waals surface area contributed by atoms with Gasteiger partial charge in [-0.25, -0.2) is 0 Å². The van der Waals surface area contributed by atoms with Crippen molar-refractivity contribution in [1.29, 1.82) is 0 Å². The largest absolute Gasteiger partial charge is 1.00 e. The average Bonchev–Trinajstić information content (AvgIpc) is 1.00. The van der Waals surface area contributed by atoms with Gasteiger partial charge in [0, 0.05) is 26.6 Å². The van der Waals surface area contributed by atoms with Gasteiger partial charge >= 0.3 is 0 Å². The minimum Gasteiger partial charge on any atom is -1.00 e. The minimum absolute atomic E-state index is 0. The second-order valence-electron chi connectivity index (χ2n) is 0. The van der Waals surface area contributed by atoms with Crippen molar-refractivity contribution in [3.63, 3.8) is 0 Å². The minimum atomic E-state index is 0. The first kappa shape index (κ1) is 28.9. The molecule has 0 saturated carbocycles. The van der Waals surface area contributed by atoms with E-state index in [1.807, 2.05) is 0 Å². The maximum Gasteiger partial charge on any atom is 0.0125 e. The molecule has 4 heteroatoms. The van der Waals surface area contributed by atoms with E-state index in [0.717, 1.165) is 0 Å². The molecule has 24 valence electrons. The summed E-state index contributed by atoms with van der Waals surface area (Å²) in [6.45, 7) is 0. The van der Waals surface area contributed by atoms with Gasteiger partial charge in [0.2, 0.25) is 0 Å². The molecule has 0 bridgehead atoms. The summed E-state index contributed by atoms with van der Waals surface area (Å²) in [7, 11) is 0. The Kier molecular flexibility index (Phi) is 1980. The molecule has 4 heavy (non-hydrogen) atoms. The van der Waals surface area contributed by atoms with Gasteiger partial charge in [0.1, 0.15) is 0 Å². The molecule has 0 amide bonds. The molecule has 0 saturated heterocycles. The van der Waals surface area contributed by atoms with Crippen LogP contribution in [-0.4, -0.2) is 0 Å². The number of halogens is 1.